The molecule has 0 unspecified atom stereocenters. The fourth-order valence-corrected chi connectivity index (χ4v) is 6.22. The monoisotopic (exact) mass is 475 g/mol. The Hall–Kier alpha value is -2.62. The van der Waals surface area contributed by atoms with Gasteiger partial charge < -0.3 is 34.9 Å². The van der Waals surface area contributed by atoms with Crippen LogP contribution in [0.4, 0.5) is 0 Å². The Balaban J connectivity index is 2.54. The molecule has 0 spiro atoms. The molecule has 1 fully saturated rings. The number of aryl methyl sites for hydroxylation is 2. The average molecular weight is 476 g/mol. The Morgan fingerprint density at radius 1 is 0.794 bits per heavy atom. The molecule has 0 radical (unpaired) electrons. The lowest BCUT2D eigenvalue weighted by molar-refractivity contribution is 0.117. The van der Waals surface area contributed by atoms with E-state index < -0.39 is 27.6 Å². The highest BCUT2D eigenvalue weighted by Crippen LogP contribution is 2.51. The number of piperidine rings is 1. The first kappa shape index (κ1) is 26.0. The Morgan fingerprint density at radius 2 is 1.15 bits per heavy atom. The van der Waals surface area contributed by atoms with Gasteiger partial charge >= 0.3 is 0 Å². The first-order chi connectivity index (χ1) is 15.7. The minimum absolute atomic E-state index is 0.0287. The van der Waals surface area contributed by atoms with Gasteiger partial charge in [-0.3, -0.25) is 9.59 Å². The summed E-state index contributed by atoms with van der Waals surface area (Å²) in [7, 11) is 0. The van der Waals surface area contributed by atoms with Gasteiger partial charge in [0.25, 0.3) is 11.1 Å². The molecule has 2 aromatic heterocycles. The standard InChI is InChI=1S/C25H37N3O6/c1-15-11-17(31)19(21(33)27(15)7-9-29)25(13-23(3,4)26-24(5,6)14-25)20-18(32)12-16(2)28(8-10-30)22(20)34/h11-12,26,29-32H,7-10,13-14H2,1-6H3. The number of nitrogens with zero attached hydrogens (tertiary/aromatic N) is 2. The molecule has 0 aromatic carbocycles. The van der Waals surface area contributed by atoms with Crippen molar-refractivity contribution in [2.75, 3.05) is 13.2 Å². The highest BCUT2D eigenvalue weighted by molar-refractivity contribution is 5.52. The summed E-state index contributed by atoms with van der Waals surface area (Å²) < 4.78 is 2.77. The first-order valence-electron chi connectivity index (χ1n) is 11.6. The molecule has 9 nitrogen and oxygen atoms in total. The quantitative estimate of drug-likeness (QED) is 0.424. The number of hydrogen-bond acceptors (Lipinski definition) is 7. The van der Waals surface area contributed by atoms with E-state index in [-0.39, 0.29) is 61.8 Å². The van der Waals surface area contributed by atoms with Crippen LogP contribution in [0.1, 0.15) is 63.1 Å². The van der Waals surface area contributed by atoms with Crippen molar-refractivity contribution in [1.82, 2.24) is 14.5 Å². The van der Waals surface area contributed by atoms with Crippen LogP contribution in [0.5, 0.6) is 11.5 Å². The highest BCUT2D eigenvalue weighted by atomic mass is 16.3. The smallest absolute Gasteiger partial charge is 0.258 e. The van der Waals surface area contributed by atoms with Crippen LogP contribution in [-0.2, 0) is 18.5 Å². The van der Waals surface area contributed by atoms with Crippen LogP contribution in [0.15, 0.2) is 21.7 Å². The van der Waals surface area contributed by atoms with Crippen LogP contribution in [0, 0.1) is 13.8 Å². The minimum atomic E-state index is -1.34. The van der Waals surface area contributed by atoms with Gasteiger partial charge in [-0.15, -0.1) is 0 Å². The van der Waals surface area contributed by atoms with Crippen LogP contribution in [-0.4, -0.2) is 53.9 Å². The number of pyridine rings is 2. The molecule has 0 atom stereocenters. The highest BCUT2D eigenvalue weighted by Gasteiger charge is 2.54. The van der Waals surface area contributed by atoms with Crippen molar-refractivity contribution in [2.45, 2.75) is 84.0 Å². The number of rotatable bonds is 6. The van der Waals surface area contributed by atoms with Crippen LogP contribution in [0.2, 0.25) is 0 Å². The lowest BCUT2D eigenvalue weighted by Crippen LogP contribution is -2.64. The van der Waals surface area contributed by atoms with E-state index in [0.29, 0.717) is 11.4 Å². The summed E-state index contributed by atoms with van der Waals surface area (Å²) in [5.74, 6) is -0.503. The van der Waals surface area contributed by atoms with E-state index in [1.54, 1.807) is 13.8 Å². The predicted molar refractivity (Wildman–Crippen MR) is 130 cm³/mol. The van der Waals surface area contributed by atoms with Crippen LogP contribution < -0.4 is 16.4 Å². The van der Waals surface area contributed by atoms with Crippen LogP contribution in [0.25, 0.3) is 0 Å². The molecule has 3 heterocycles. The Morgan fingerprint density at radius 3 is 1.47 bits per heavy atom. The van der Waals surface area contributed by atoms with Gasteiger partial charge in [-0.2, -0.15) is 0 Å². The van der Waals surface area contributed by atoms with E-state index in [0.717, 1.165) is 0 Å². The van der Waals surface area contributed by atoms with Gasteiger partial charge in [-0.25, -0.2) is 0 Å². The number of nitrogens with one attached hydrogen (secondary N) is 1. The Bertz CT molecular complexity index is 1120. The Labute approximate surface area is 199 Å². The molecule has 0 aliphatic carbocycles. The van der Waals surface area contributed by atoms with Crippen molar-refractivity contribution in [3.05, 3.63) is 55.4 Å². The molecule has 34 heavy (non-hydrogen) atoms. The summed E-state index contributed by atoms with van der Waals surface area (Å²) in [5, 5.41) is 45.0. The van der Waals surface area contributed by atoms with Gasteiger partial charge in [0.2, 0.25) is 0 Å². The maximum Gasteiger partial charge on any atom is 0.258 e. The van der Waals surface area contributed by atoms with Gasteiger partial charge in [-0.05, 0) is 66.5 Å². The van der Waals surface area contributed by atoms with Gasteiger partial charge in [0, 0.05) is 41.0 Å². The maximum atomic E-state index is 13.8. The second kappa shape index (κ2) is 8.87. The fraction of sp³-hybridized carbons (Fsp3) is 0.600. The summed E-state index contributed by atoms with van der Waals surface area (Å²) in [6.07, 6.45) is 0.499. The van der Waals surface area contributed by atoms with E-state index in [1.165, 1.54) is 21.3 Å². The molecule has 1 aliphatic heterocycles. The summed E-state index contributed by atoms with van der Waals surface area (Å²) >= 11 is 0. The molecular weight excluding hydrogens is 438 g/mol. The summed E-state index contributed by atoms with van der Waals surface area (Å²) in [6, 6.07) is 2.93. The maximum absolute atomic E-state index is 13.8. The van der Waals surface area contributed by atoms with Gasteiger partial charge in [-0.1, -0.05) is 0 Å². The number of aliphatic hydroxyl groups excluding tert-OH is 2. The van der Waals surface area contributed by atoms with E-state index in [9.17, 15) is 30.0 Å². The number of aliphatic hydroxyl groups is 2. The van der Waals surface area contributed by atoms with E-state index in [1.807, 2.05) is 27.7 Å². The second-order valence-corrected chi connectivity index (χ2v) is 10.8. The molecule has 1 aliphatic rings. The summed E-state index contributed by atoms with van der Waals surface area (Å²) in [6.45, 7) is 10.7. The first-order valence-corrected chi connectivity index (χ1v) is 11.6. The van der Waals surface area contributed by atoms with Crippen molar-refractivity contribution in [1.29, 1.82) is 0 Å². The van der Waals surface area contributed by atoms with Crippen molar-refractivity contribution >= 4 is 0 Å². The lowest BCUT2D eigenvalue weighted by atomic mass is 9.59. The second-order valence-electron chi connectivity index (χ2n) is 10.8. The minimum Gasteiger partial charge on any atom is -0.507 e. The molecule has 0 amide bonds. The van der Waals surface area contributed by atoms with E-state index in [2.05, 4.69) is 5.32 Å². The molecule has 0 saturated carbocycles. The molecule has 3 rings (SSSR count). The van der Waals surface area contributed by atoms with Crippen molar-refractivity contribution in [3.8, 4) is 11.5 Å². The SMILES string of the molecule is Cc1cc(O)c(C2(c3c(O)cc(C)n(CCO)c3=O)CC(C)(C)NC(C)(C)C2)c(=O)n1CCO. The topological polar surface area (TPSA) is 137 Å². The zero-order chi connectivity index (χ0) is 25.6. The molecule has 188 valence electrons. The van der Waals surface area contributed by atoms with Crippen molar-refractivity contribution in [3.63, 3.8) is 0 Å². The zero-order valence-corrected chi connectivity index (χ0v) is 20.9. The number of aromatic hydroxyl groups is 2. The lowest BCUT2D eigenvalue weighted by Gasteiger charge is -2.53. The van der Waals surface area contributed by atoms with Gasteiger partial charge in [0.05, 0.1) is 24.3 Å². The fourth-order valence-electron chi connectivity index (χ4n) is 6.22. The molecule has 0 bridgehead atoms. The molecule has 9 heteroatoms. The van der Waals surface area contributed by atoms with E-state index in [4.69, 9.17) is 0 Å². The van der Waals surface area contributed by atoms with Gasteiger partial charge in [0.15, 0.2) is 0 Å². The average Bonchev–Trinajstić information content (AvgIpc) is 2.65. The molecule has 5 N–H and O–H groups in total. The number of hydrogen-bond donors (Lipinski definition) is 5. The predicted octanol–water partition coefficient (Wildman–Crippen LogP) is 1.25. The van der Waals surface area contributed by atoms with Crippen LogP contribution >= 0.6 is 0 Å². The largest absolute Gasteiger partial charge is 0.507 e. The third kappa shape index (κ3) is 4.39. The van der Waals surface area contributed by atoms with Gasteiger partial charge in [0.1, 0.15) is 11.5 Å². The number of aromatic nitrogens is 2. The third-order valence-corrected chi connectivity index (χ3v) is 6.74. The molecule has 2 aromatic rings. The molecule has 1 saturated heterocycles. The summed E-state index contributed by atoms with van der Waals surface area (Å²) in [4.78, 5) is 27.7. The van der Waals surface area contributed by atoms with Crippen molar-refractivity contribution < 1.29 is 20.4 Å². The van der Waals surface area contributed by atoms with Crippen LogP contribution in [0.3, 0.4) is 0 Å². The molecular formula is C25H37N3O6. The van der Waals surface area contributed by atoms with E-state index >= 15 is 0 Å². The summed E-state index contributed by atoms with van der Waals surface area (Å²) in [5.41, 5.74) is -2.47. The van der Waals surface area contributed by atoms with Crippen molar-refractivity contribution in [2.24, 2.45) is 0 Å². The Kier molecular flexibility index (Phi) is 6.78. The normalized spacial score (nSPS) is 18.7. The third-order valence-electron chi connectivity index (χ3n) is 6.74. The zero-order valence-electron chi connectivity index (χ0n) is 20.9.